The third kappa shape index (κ3) is 3.03. The molecule has 0 aromatic heterocycles. The summed E-state index contributed by atoms with van der Waals surface area (Å²) in [4.78, 5) is 10.9. The second-order valence-corrected chi connectivity index (χ2v) is 6.91. The minimum atomic E-state index is -3.74. The Morgan fingerprint density at radius 2 is 2.10 bits per heavy atom. The third-order valence-electron chi connectivity index (χ3n) is 4.04. The lowest BCUT2D eigenvalue weighted by atomic mass is 9.76. The van der Waals surface area contributed by atoms with Gasteiger partial charge in [0.05, 0.1) is 12.7 Å². The van der Waals surface area contributed by atoms with Crippen LogP contribution in [0.4, 0.5) is 0 Å². The molecule has 21 heavy (non-hydrogen) atoms. The second kappa shape index (κ2) is 5.65. The van der Waals surface area contributed by atoms with Crippen LogP contribution < -0.4 is 9.46 Å². The van der Waals surface area contributed by atoms with Gasteiger partial charge in [0.15, 0.2) is 0 Å². The van der Waals surface area contributed by atoms with Gasteiger partial charge in [0.25, 0.3) is 0 Å². The minimum absolute atomic E-state index is 0.0142. The monoisotopic (exact) mass is 313 g/mol. The van der Waals surface area contributed by atoms with E-state index in [1.807, 2.05) is 6.92 Å². The molecule has 7 heteroatoms. The van der Waals surface area contributed by atoms with Crippen LogP contribution in [0.3, 0.4) is 0 Å². The fourth-order valence-corrected chi connectivity index (χ4v) is 4.18. The maximum atomic E-state index is 12.5. The fourth-order valence-electron chi connectivity index (χ4n) is 2.49. The van der Waals surface area contributed by atoms with Crippen LogP contribution >= 0.6 is 0 Å². The third-order valence-corrected chi connectivity index (χ3v) is 5.66. The summed E-state index contributed by atoms with van der Waals surface area (Å²) in [5, 5.41) is 8.95. The molecule has 0 saturated heterocycles. The number of hydrogen-bond donors (Lipinski definition) is 2. The number of nitrogens with one attached hydrogen (secondary N) is 1. The maximum absolute atomic E-state index is 12.5. The first kappa shape index (κ1) is 15.8. The van der Waals surface area contributed by atoms with Crippen LogP contribution in [0.25, 0.3) is 0 Å². The molecule has 0 spiro atoms. The Hall–Kier alpha value is -1.60. The van der Waals surface area contributed by atoms with Crippen molar-refractivity contribution < 1.29 is 23.1 Å². The summed E-state index contributed by atoms with van der Waals surface area (Å²) < 4.78 is 32.8. The Balaban J connectivity index is 2.37. The Morgan fingerprint density at radius 1 is 1.43 bits per heavy atom. The molecular formula is C14H19NO5S. The summed E-state index contributed by atoms with van der Waals surface area (Å²) in [6.45, 7) is 1.95. The van der Waals surface area contributed by atoms with Crippen LogP contribution in [-0.2, 0) is 10.0 Å². The molecule has 0 radical (unpaired) electrons. The number of carboxylic acids is 1. The number of carboxylic acid groups (broad SMARTS) is 1. The average molecular weight is 313 g/mol. The zero-order valence-corrected chi connectivity index (χ0v) is 12.9. The van der Waals surface area contributed by atoms with Crippen LogP contribution in [0, 0.1) is 0 Å². The lowest BCUT2D eigenvalue weighted by Gasteiger charge is -2.41. The van der Waals surface area contributed by atoms with Gasteiger partial charge in [-0.3, -0.25) is 0 Å². The Labute approximate surface area is 124 Å². The van der Waals surface area contributed by atoms with Gasteiger partial charge in [-0.15, -0.1) is 0 Å². The topological polar surface area (TPSA) is 92.7 Å². The number of hydrogen-bond acceptors (Lipinski definition) is 4. The van der Waals surface area contributed by atoms with Crippen molar-refractivity contribution in [2.45, 2.75) is 43.0 Å². The SMILES string of the molecule is CCC1(NS(=O)(=O)c2ccc(C(=O)O)cc2OC)CCC1. The molecule has 1 saturated carbocycles. The molecule has 6 nitrogen and oxygen atoms in total. The van der Waals surface area contributed by atoms with Gasteiger partial charge >= 0.3 is 5.97 Å². The highest BCUT2D eigenvalue weighted by molar-refractivity contribution is 7.89. The lowest BCUT2D eigenvalue weighted by Crippen LogP contribution is -2.52. The molecule has 0 aliphatic heterocycles. The number of sulfonamides is 1. The van der Waals surface area contributed by atoms with Crippen LogP contribution in [0.5, 0.6) is 5.75 Å². The van der Waals surface area contributed by atoms with E-state index in [1.165, 1.54) is 25.3 Å². The van der Waals surface area contributed by atoms with Gasteiger partial charge in [-0.1, -0.05) is 6.92 Å². The summed E-state index contributed by atoms with van der Waals surface area (Å²) in [7, 11) is -2.43. The zero-order valence-electron chi connectivity index (χ0n) is 12.0. The molecular weight excluding hydrogens is 294 g/mol. The number of carbonyl (C=O) groups is 1. The van der Waals surface area contributed by atoms with E-state index in [0.717, 1.165) is 25.7 Å². The molecule has 0 unspecified atom stereocenters. The van der Waals surface area contributed by atoms with E-state index in [0.29, 0.717) is 0 Å². The zero-order chi connectivity index (χ0) is 15.7. The Bertz CT molecular complexity index is 644. The van der Waals surface area contributed by atoms with Gasteiger partial charge in [0, 0.05) is 5.54 Å². The van der Waals surface area contributed by atoms with Crippen LogP contribution in [0.2, 0.25) is 0 Å². The van der Waals surface area contributed by atoms with Crippen molar-refractivity contribution in [1.82, 2.24) is 4.72 Å². The highest BCUT2D eigenvalue weighted by atomic mass is 32.2. The Kier molecular flexibility index (Phi) is 4.25. The molecule has 1 aromatic carbocycles. The van der Waals surface area contributed by atoms with Crippen molar-refractivity contribution >= 4 is 16.0 Å². The number of ether oxygens (including phenoxy) is 1. The van der Waals surface area contributed by atoms with Crippen molar-refractivity contribution in [3.63, 3.8) is 0 Å². The first-order valence-corrected chi connectivity index (χ1v) is 8.27. The number of rotatable bonds is 6. The normalized spacial score (nSPS) is 17.0. The molecule has 1 fully saturated rings. The van der Waals surface area contributed by atoms with Gasteiger partial charge in [-0.25, -0.2) is 17.9 Å². The molecule has 0 heterocycles. The molecule has 1 aromatic rings. The van der Waals surface area contributed by atoms with Crippen LogP contribution in [0.15, 0.2) is 23.1 Å². The van der Waals surface area contributed by atoms with Gasteiger partial charge in [0.2, 0.25) is 10.0 Å². The number of benzene rings is 1. The summed E-state index contributed by atoms with van der Waals surface area (Å²) in [5.41, 5.74) is -0.394. The van der Waals surface area contributed by atoms with E-state index in [9.17, 15) is 13.2 Å². The van der Waals surface area contributed by atoms with E-state index in [2.05, 4.69) is 4.72 Å². The Morgan fingerprint density at radius 3 is 2.52 bits per heavy atom. The van der Waals surface area contributed by atoms with E-state index in [1.54, 1.807) is 0 Å². The van der Waals surface area contributed by atoms with E-state index in [4.69, 9.17) is 9.84 Å². The van der Waals surface area contributed by atoms with E-state index in [-0.39, 0.29) is 21.7 Å². The second-order valence-electron chi connectivity index (χ2n) is 5.26. The smallest absolute Gasteiger partial charge is 0.335 e. The predicted octanol–water partition coefficient (Wildman–Crippen LogP) is 2.00. The summed E-state index contributed by atoms with van der Waals surface area (Å²) in [6, 6.07) is 3.75. The number of aromatic carboxylic acids is 1. The standard InChI is InChI=1S/C14H19NO5S/c1-3-14(7-4-8-14)15-21(18,19)12-6-5-10(13(16)17)9-11(12)20-2/h5-6,9,15H,3-4,7-8H2,1-2H3,(H,16,17). The molecule has 1 aliphatic carbocycles. The highest BCUT2D eigenvalue weighted by Gasteiger charge is 2.39. The van der Waals surface area contributed by atoms with Crippen molar-refractivity contribution in [3.8, 4) is 5.75 Å². The van der Waals surface area contributed by atoms with Crippen molar-refractivity contribution in [2.24, 2.45) is 0 Å². The number of methoxy groups -OCH3 is 1. The quantitative estimate of drug-likeness (QED) is 0.838. The van der Waals surface area contributed by atoms with Gasteiger partial charge < -0.3 is 9.84 Å². The predicted molar refractivity (Wildman–Crippen MR) is 77.1 cm³/mol. The van der Waals surface area contributed by atoms with Crippen molar-refractivity contribution in [2.75, 3.05) is 7.11 Å². The highest BCUT2D eigenvalue weighted by Crippen LogP contribution is 2.37. The molecule has 2 N–H and O–H groups in total. The van der Waals surface area contributed by atoms with Crippen LogP contribution in [-0.4, -0.2) is 32.1 Å². The average Bonchev–Trinajstić information content (AvgIpc) is 2.42. The van der Waals surface area contributed by atoms with E-state index < -0.39 is 16.0 Å². The summed E-state index contributed by atoms with van der Waals surface area (Å²) in [5.74, 6) is -1.10. The van der Waals surface area contributed by atoms with Crippen molar-refractivity contribution in [1.29, 1.82) is 0 Å². The summed E-state index contributed by atoms with van der Waals surface area (Å²) >= 11 is 0. The minimum Gasteiger partial charge on any atom is -0.495 e. The molecule has 2 rings (SSSR count). The first-order valence-electron chi connectivity index (χ1n) is 6.79. The largest absolute Gasteiger partial charge is 0.495 e. The first-order chi connectivity index (χ1) is 9.83. The molecule has 0 amide bonds. The lowest BCUT2D eigenvalue weighted by molar-refractivity contribution is 0.0696. The fraction of sp³-hybridized carbons (Fsp3) is 0.500. The van der Waals surface area contributed by atoms with E-state index >= 15 is 0 Å². The molecule has 116 valence electrons. The van der Waals surface area contributed by atoms with Crippen LogP contribution in [0.1, 0.15) is 43.0 Å². The molecule has 0 bridgehead atoms. The van der Waals surface area contributed by atoms with Gasteiger partial charge in [-0.2, -0.15) is 0 Å². The summed E-state index contributed by atoms with van der Waals surface area (Å²) in [6.07, 6.45) is 3.36. The maximum Gasteiger partial charge on any atom is 0.335 e. The molecule has 1 aliphatic rings. The van der Waals surface area contributed by atoms with Gasteiger partial charge in [0.1, 0.15) is 10.6 Å². The van der Waals surface area contributed by atoms with Gasteiger partial charge in [-0.05, 0) is 43.9 Å². The molecule has 0 atom stereocenters. The van der Waals surface area contributed by atoms with Crippen molar-refractivity contribution in [3.05, 3.63) is 23.8 Å².